The number of aliphatic carboxylic acids is 2. The first-order chi connectivity index (χ1) is 11.1. The first kappa shape index (κ1) is 22.0. The largest absolute Gasteiger partial charge is 0.480 e. The number of rotatable bonds is 12. The Hall–Kier alpha value is -1.99. The Morgan fingerprint density at radius 2 is 1.54 bits per heavy atom. The summed E-state index contributed by atoms with van der Waals surface area (Å²) in [5, 5.41) is 59.9. The highest BCUT2D eigenvalue weighted by atomic mass is 16.4. The van der Waals surface area contributed by atoms with Gasteiger partial charge in [-0.2, -0.15) is 0 Å². The number of hydrogen-bond acceptors (Lipinski definition) is 8. The molecule has 0 saturated heterocycles. The van der Waals surface area contributed by atoms with Gasteiger partial charge in [0, 0.05) is 13.1 Å². The number of amides is 2. The minimum atomic E-state index is -2.30. The maximum Gasteiger partial charge on any atom is 0.335 e. The monoisotopic (exact) mass is 353 g/mol. The summed E-state index contributed by atoms with van der Waals surface area (Å²) in [5.74, 6) is -3.03. The Morgan fingerprint density at radius 3 is 2.00 bits per heavy atom. The van der Waals surface area contributed by atoms with E-state index < -0.39 is 55.0 Å². The van der Waals surface area contributed by atoms with Crippen LogP contribution in [0, 0.1) is 0 Å². The molecule has 0 aliphatic rings. The highest BCUT2D eigenvalue weighted by Gasteiger charge is 2.34. The van der Waals surface area contributed by atoms with Crippen LogP contribution in [0.2, 0.25) is 0 Å². The second kappa shape index (κ2) is 10.7. The van der Waals surface area contributed by atoms with Crippen molar-refractivity contribution in [1.82, 2.24) is 10.6 Å². The number of hydrogen-bond donors (Lipinski definition) is 9. The summed E-state index contributed by atoms with van der Waals surface area (Å²) in [4.78, 5) is 32.0. The standard InChI is InChI=1S/C12H23N3O9/c13-12(24)14-3-1-2-5(10(20)21)15-4-6(16)7(17)8(18)9(19)11(22)23/h5-9,15-19H,1-4H2,(H,20,21)(H,22,23)(H3,13,14,24)/t5-,6?,7?,8?,9?/m0/s1. The molecule has 0 rings (SSSR count). The van der Waals surface area contributed by atoms with Crippen molar-refractivity contribution in [3.05, 3.63) is 0 Å². The Kier molecular flexibility index (Phi) is 9.83. The second-order valence-corrected chi connectivity index (χ2v) is 5.06. The van der Waals surface area contributed by atoms with Gasteiger partial charge in [0.05, 0.1) is 6.10 Å². The van der Waals surface area contributed by atoms with Gasteiger partial charge in [0.1, 0.15) is 18.2 Å². The zero-order valence-electron chi connectivity index (χ0n) is 12.7. The molecule has 0 radical (unpaired) electrons. The molecular weight excluding hydrogens is 330 g/mol. The van der Waals surface area contributed by atoms with Crippen molar-refractivity contribution in [3.63, 3.8) is 0 Å². The molecule has 0 aromatic rings. The van der Waals surface area contributed by atoms with Gasteiger partial charge in [-0.15, -0.1) is 0 Å². The molecular formula is C12H23N3O9. The zero-order valence-corrected chi connectivity index (χ0v) is 12.7. The van der Waals surface area contributed by atoms with Gasteiger partial charge in [0.2, 0.25) is 0 Å². The number of carbonyl (C=O) groups excluding carboxylic acids is 1. The summed E-state index contributed by atoms with van der Waals surface area (Å²) in [6.07, 6.45) is -7.84. The first-order valence-electron chi connectivity index (χ1n) is 7.02. The maximum absolute atomic E-state index is 11.1. The minimum Gasteiger partial charge on any atom is -0.480 e. The number of aliphatic hydroxyl groups excluding tert-OH is 4. The van der Waals surface area contributed by atoms with E-state index in [1.807, 2.05) is 0 Å². The molecule has 12 nitrogen and oxygen atoms in total. The lowest BCUT2D eigenvalue weighted by atomic mass is 10.0. The van der Waals surface area contributed by atoms with E-state index in [2.05, 4.69) is 10.6 Å². The second-order valence-electron chi connectivity index (χ2n) is 5.06. The van der Waals surface area contributed by atoms with Crippen molar-refractivity contribution in [2.24, 2.45) is 5.73 Å². The van der Waals surface area contributed by atoms with Crippen LogP contribution in [-0.4, -0.2) is 92.2 Å². The van der Waals surface area contributed by atoms with Gasteiger partial charge in [0.25, 0.3) is 0 Å². The van der Waals surface area contributed by atoms with E-state index in [0.717, 1.165) is 0 Å². The van der Waals surface area contributed by atoms with Gasteiger partial charge in [0.15, 0.2) is 6.10 Å². The molecule has 140 valence electrons. The summed E-state index contributed by atoms with van der Waals surface area (Å²) in [6, 6.07) is -1.87. The lowest BCUT2D eigenvalue weighted by Gasteiger charge is -2.26. The summed E-state index contributed by atoms with van der Waals surface area (Å²) in [6.45, 7) is -0.333. The molecule has 0 aromatic heterocycles. The molecule has 0 fully saturated rings. The van der Waals surface area contributed by atoms with Crippen LogP contribution in [0.3, 0.4) is 0 Å². The number of carboxylic acids is 2. The minimum absolute atomic E-state index is 0.0682. The smallest absolute Gasteiger partial charge is 0.335 e. The van der Waals surface area contributed by atoms with Gasteiger partial charge in [-0.25, -0.2) is 9.59 Å². The van der Waals surface area contributed by atoms with Crippen molar-refractivity contribution in [2.75, 3.05) is 13.1 Å². The molecule has 12 heteroatoms. The van der Waals surface area contributed by atoms with Gasteiger partial charge in [-0.05, 0) is 12.8 Å². The molecule has 0 heterocycles. The molecule has 10 N–H and O–H groups in total. The molecule has 24 heavy (non-hydrogen) atoms. The third-order valence-electron chi connectivity index (χ3n) is 3.16. The quantitative estimate of drug-likeness (QED) is 0.155. The predicted octanol–water partition coefficient (Wildman–Crippen LogP) is -3.99. The number of carboxylic acid groups (broad SMARTS) is 2. The van der Waals surface area contributed by atoms with Crippen LogP contribution in [0.1, 0.15) is 12.8 Å². The van der Waals surface area contributed by atoms with Crippen LogP contribution < -0.4 is 16.4 Å². The zero-order chi connectivity index (χ0) is 18.9. The van der Waals surface area contributed by atoms with Crippen molar-refractivity contribution in [1.29, 1.82) is 0 Å². The van der Waals surface area contributed by atoms with Crippen LogP contribution in [0.15, 0.2) is 0 Å². The van der Waals surface area contributed by atoms with E-state index in [-0.39, 0.29) is 19.4 Å². The fraction of sp³-hybridized carbons (Fsp3) is 0.750. The molecule has 0 spiro atoms. The van der Waals surface area contributed by atoms with E-state index >= 15 is 0 Å². The van der Waals surface area contributed by atoms with E-state index in [1.54, 1.807) is 0 Å². The molecule has 2 amide bonds. The van der Waals surface area contributed by atoms with E-state index in [4.69, 9.17) is 21.1 Å². The summed E-state index contributed by atoms with van der Waals surface area (Å²) in [5.41, 5.74) is 4.85. The number of primary amides is 1. The van der Waals surface area contributed by atoms with Gasteiger partial charge in [-0.1, -0.05) is 0 Å². The summed E-state index contributed by atoms with van der Waals surface area (Å²) < 4.78 is 0. The van der Waals surface area contributed by atoms with Gasteiger partial charge < -0.3 is 47.0 Å². The van der Waals surface area contributed by atoms with Crippen molar-refractivity contribution >= 4 is 18.0 Å². The fourth-order valence-corrected chi connectivity index (χ4v) is 1.77. The fourth-order valence-electron chi connectivity index (χ4n) is 1.77. The highest BCUT2D eigenvalue weighted by Crippen LogP contribution is 2.06. The third-order valence-corrected chi connectivity index (χ3v) is 3.16. The molecule has 0 aromatic carbocycles. The summed E-state index contributed by atoms with van der Waals surface area (Å²) >= 11 is 0. The number of urea groups is 1. The highest BCUT2D eigenvalue weighted by molar-refractivity contribution is 5.73. The van der Waals surface area contributed by atoms with Gasteiger partial charge >= 0.3 is 18.0 Å². The average molecular weight is 353 g/mol. The topological polar surface area (TPSA) is 223 Å². The lowest BCUT2D eigenvalue weighted by Crippen LogP contribution is -2.52. The Morgan fingerprint density at radius 1 is 0.958 bits per heavy atom. The first-order valence-corrected chi connectivity index (χ1v) is 7.02. The molecule has 4 unspecified atom stereocenters. The van der Waals surface area contributed by atoms with Crippen molar-refractivity contribution < 1.29 is 45.0 Å². The van der Waals surface area contributed by atoms with Crippen LogP contribution >= 0.6 is 0 Å². The van der Waals surface area contributed by atoms with Crippen molar-refractivity contribution in [2.45, 2.75) is 43.3 Å². The molecule has 0 aliphatic heterocycles. The Balaban J connectivity index is 4.39. The van der Waals surface area contributed by atoms with E-state index in [0.29, 0.717) is 0 Å². The number of nitrogens with two attached hydrogens (primary N) is 1. The molecule has 5 atom stereocenters. The normalized spacial score (nSPS) is 17.3. The maximum atomic E-state index is 11.1. The number of carbonyl (C=O) groups is 3. The third kappa shape index (κ3) is 8.03. The van der Waals surface area contributed by atoms with Gasteiger partial charge in [-0.3, -0.25) is 4.79 Å². The van der Waals surface area contributed by atoms with Crippen LogP contribution in [0.25, 0.3) is 0 Å². The van der Waals surface area contributed by atoms with Crippen LogP contribution in [0.5, 0.6) is 0 Å². The van der Waals surface area contributed by atoms with Crippen molar-refractivity contribution in [3.8, 4) is 0 Å². The molecule has 0 aliphatic carbocycles. The molecule has 0 bridgehead atoms. The van der Waals surface area contributed by atoms with Crippen LogP contribution in [0.4, 0.5) is 4.79 Å². The Labute approximate surface area is 136 Å². The summed E-state index contributed by atoms with van der Waals surface area (Å²) in [7, 11) is 0. The number of nitrogens with one attached hydrogen (secondary N) is 2. The average Bonchev–Trinajstić information content (AvgIpc) is 2.50. The van der Waals surface area contributed by atoms with E-state index in [9.17, 15) is 29.7 Å². The van der Waals surface area contributed by atoms with Crippen LogP contribution in [-0.2, 0) is 9.59 Å². The number of aliphatic hydroxyl groups is 4. The molecule has 0 saturated carbocycles. The van der Waals surface area contributed by atoms with E-state index in [1.165, 1.54) is 0 Å². The Bertz CT molecular complexity index is 434. The predicted molar refractivity (Wildman–Crippen MR) is 77.9 cm³/mol. The lowest BCUT2D eigenvalue weighted by molar-refractivity contribution is -0.162. The SMILES string of the molecule is NC(=O)NCCC[C@H](NCC(O)C(O)C(O)C(O)C(=O)O)C(=O)O.